The second kappa shape index (κ2) is 5.25. The second-order valence-corrected chi connectivity index (χ2v) is 5.66. The molecule has 0 saturated heterocycles. The molecular formula is C13H20ClNO2. The van der Waals surface area contributed by atoms with E-state index in [-0.39, 0.29) is 5.41 Å². The van der Waals surface area contributed by atoms with Crippen LogP contribution in [0.25, 0.3) is 0 Å². The van der Waals surface area contributed by atoms with E-state index in [1.165, 1.54) is 0 Å². The predicted octanol–water partition coefficient (Wildman–Crippen LogP) is 2.76. The minimum absolute atomic E-state index is 0.299. The quantitative estimate of drug-likeness (QED) is 0.876. The maximum atomic E-state index is 10.2. The lowest BCUT2D eigenvalue weighted by atomic mass is 9.82. The third-order valence-corrected chi connectivity index (χ3v) is 3.01. The van der Waals surface area contributed by atoms with Crippen molar-refractivity contribution in [1.82, 2.24) is 0 Å². The van der Waals surface area contributed by atoms with Crippen LogP contribution in [0.2, 0.25) is 5.02 Å². The van der Waals surface area contributed by atoms with Crippen molar-refractivity contribution in [2.45, 2.75) is 32.9 Å². The van der Waals surface area contributed by atoms with Crippen LogP contribution in [0.1, 0.15) is 32.4 Å². The Labute approximate surface area is 108 Å². The van der Waals surface area contributed by atoms with Crippen molar-refractivity contribution in [2.75, 3.05) is 7.11 Å². The van der Waals surface area contributed by atoms with Crippen LogP contribution in [-0.2, 0) is 0 Å². The summed E-state index contributed by atoms with van der Waals surface area (Å²) < 4.78 is 5.23. The number of aliphatic hydroxyl groups is 1. The standard InChI is InChI=1S/C13H20ClNO2/c1-13(2,3)12(16)11(15)9-7-8(14)5-6-10(9)17-4/h5-7,11-12,16H,15H2,1-4H3/t11-,12-/m1/s1. The van der Waals surface area contributed by atoms with Gasteiger partial charge in [0, 0.05) is 10.6 Å². The number of aliphatic hydroxyl groups excluding tert-OH is 1. The molecule has 0 heterocycles. The fraction of sp³-hybridized carbons (Fsp3) is 0.538. The molecule has 0 aromatic heterocycles. The summed E-state index contributed by atoms with van der Waals surface area (Å²) in [6, 6.07) is 4.70. The zero-order valence-corrected chi connectivity index (χ0v) is 11.5. The highest BCUT2D eigenvalue weighted by Crippen LogP contribution is 2.34. The van der Waals surface area contributed by atoms with Gasteiger partial charge in [-0.1, -0.05) is 32.4 Å². The van der Waals surface area contributed by atoms with E-state index in [0.717, 1.165) is 5.56 Å². The van der Waals surface area contributed by atoms with Gasteiger partial charge in [0.05, 0.1) is 19.3 Å². The smallest absolute Gasteiger partial charge is 0.123 e. The number of nitrogens with two attached hydrogens (primary N) is 1. The number of hydrogen-bond acceptors (Lipinski definition) is 3. The number of halogens is 1. The number of benzene rings is 1. The maximum absolute atomic E-state index is 10.2. The molecule has 0 amide bonds. The monoisotopic (exact) mass is 257 g/mol. The van der Waals surface area contributed by atoms with Gasteiger partial charge in [-0.3, -0.25) is 0 Å². The van der Waals surface area contributed by atoms with Gasteiger partial charge in [-0.2, -0.15) is 0 Å². The molecule has 1 aromatic carbocycles. The average Bonchev–Trinajstić information content (AvgIpc) is 2.25. The van der Waals surface area contributed by atoms with Crippen LogP contribution in [0, 0.1) is 5.41 Å². The van der Waals surface area contributed by atoms with E-state index in [0.29, 0.717) is 10.8 Å². The predicted molar refractivity (Wildman–Crippen MR) is 70.4 cm³/mol. The van der Waals surface area contributed by atoms with Crippen molar-refractivity contribution in [3.63, 3.8) is 0 Å². The lowest BCUT2D eigenvalue weighted by Gasteiger charge is -2.31. The maximum Gasteiger partial charge on any atom is 0.123 e. The molecule has 0 aliphatic rings. The van der Waals surface area contributed by atoms with Gasteiger partial charge in [-0.25, -0.2) is 0 Å². The Morgan fingerprint density at radius 2 is 1.94 bits per heavy atom. The molecular weight excluding hydrogens is 238 g/mol. The summed E-state index contributed by atoms with van der Waals surface area (Å²) in [6.07, 6.45) is -0.671. The Balaban J connectivity index is 3.10. The van der Waals surface area contributed by atoms with E-state index in [2.05, 4.69) is 0 Å². The fourth-order valence-corrected chi connectivity index (χ4v) is 1.85. The third-order valence-electron chi connectivity index (χ3n) is 2.78. The zero-order chi connectivity index (χ0) is 13.2. The van der Waals surface area contributed by atoms with Gasteiger partial charge >= 0.3 is 0 Å². The van der Waals surface area contributed by atoms with E-state index in [9.17, 15) is 5.11 Å². The molecule has 3 N–H and O–H groups in total. The lowest BCUT2D eigenvalue weighted by Crippen LogP contribution is -2.37. The molecule has 0 saturated carbocycles. The molecule has 0 spiro atoms. The lowest BCUT2D eigenvalue weighted by molar-refractivity contribution is 0.0394. The summed E-state index contributed by atoms with van der Waals surface area (Å²) in [5.41, 5.74) is 6.51. The molecule has 0 aliphatic carbocycles. The third kappa shape index (κ3) is 3.35. The molecule has 0 fully saturated rings. The van der Waals surface area contributed by atoms with Gasteiger partial charge in [0.15, 0.2) is 0 Å². The van der Waals surface area contributed by atoms with Gasteiger partial charge in [0.1, 0.15) is 5.75 Å². The Morgan fingerprint density at radius 1 is 1.35 bits per heavy atom. The fourth-order valence-electron chi connectivity index (χ4n) is 1.67. The minimum atomic E-state index is -0.671. The highest BCUT2D eigenvalue weighted by atomic mass is 35.5. The van der Waals surface area contributed by atoms with Gasteiger partial charge in [-0.05, 0) is 23.6 Å². The summed E-state index contributed by atoms with van der Waals surface area (Å²) in [5.74, 6) is 0.644. The van der Waals surface area contributed by atoms with Gasteiger partial charge in [-0.15, -0.1) is 0 Å². The van der Waals surface area contributed by atoms with E-state index >= 15 is 0 Å². The summed E-state index contributed by atoms with van der Waals surface area (Å²) in [6.45, 7) is 5.82. The summed E-state index contributed by atoms with van der Waals surface area (Å²) in [5, 5.41) is 10.8. The molecule has 0 radical (unpaired) electrons. The Kier molecular flexibility index (Phi) is 4.42. The van der Waals surface area contributed by atoms with E-state index in [1.54, 1.807) is 25.3 Å². The molecule has 4 heteroatoms. The molecule has 0 bridgehead atoms. The van der Waals surface area contributed by atoms with Crippen molar-refractivity contribution in [3.05, 3.63) is 28.8 Å². The first-order valence-corrected chi connectivity index (χ1v) is 5.92. The first-order valence-electron chi connectivity index (χ1n) is 5.54. The van der Waals surface area contributed by atoms with Gasteiger partial charge in [0.2, 0.25) is 0 Å². The molecule has 1 aromatic rings. The molecule has 3 nitrogen and oxygen atoms in total. The van der Waals surface area contributed by atoms with Gasteiger partial charge < -0.3 is 15.6 Å². The minimum Gasteiger partial charge on any atom is -0.496 e. The Hall–Kier alpha value is -0.770. The second-order valence-electron chi connectivity index (χ2n) is 5.22. The molecule has 2 atom stereocenters. The number of hydrogen-bond donors (Lipinski definition) is 2. The Morgan fingerprint density at radius 3 is 2.41 bits per heavy atom. The zero-order valence-electron chi connectivity index (χ0n) is 10.7. The van der Waals surface area contributed by atoms with Crippen molar-refractivity contribution >= 4 is 11.6 Å². The van der Waals surface area contributed by atoms with Crippen LogP contribution in [0.3, 0.4) is 0 Å². The molecule has 96 valence electrons. The first-order chi connectivity index (χ1) is 7.77. The van der Waals surface area contributed by atoms with Crippen LogP contribution >= 0.6 is 11.6 Å². The summed E-state index contributed by atoms with van der Waals surface area (Å²) in [4.78, 5) is 0. The van der Waals surface area contributed by atoms with Crippen molar-refractivity contribution < 1.29 is 9.84 Å². The largest absolute Gasteiger partial charge is 0.496 e. The van der Waals surface area contributed by atoms with E-state index < -0.39 is 12.1 Å². The van der Waals surface area contributed by atoms with Crippen LogP contribution in [0.15, 0.2) is 18.2 Å². The molecule has 1 rings (SSSR count). The number of methoxy groups -OCH3 is 1. The molecule has 0 unspecified atom stereocenters. The SMILES string of the molecule is COc1ccc(Cl)cc1[C@@H](N)[C@@H](O)C(C)(C)C. The van der Waals surface area contributed by atoms with Crippen LogP contribution in [0.5, 0.6) is 5.75 Å². The van der Waals surface area contributed by atoms with Crippen molar-refractivity contribution in [2.24, 2.45) is 11.1 Å². The molecule has 17 heavy (non-hydrogen) atoms. The highest BCUT2D eigenvalue weighted by molar-refractivity contribution is 6.30. The van der Waals surface area contributed by atoms with Crippen molar-refractivity contribution in [1.29, 1.82) is 0 Å². The topological polar surface area (TPSA) is 55.5 Å². The van der Waals surface area contributed by atoms with Crippen LogP contribution in [-0.4, -0.2) is 18.3 Å². The highest BCUT2D eigenvalue weighted by Gasteiger charge is 2.30. The van der Waals surface area contributed by atoms with Crippen LogP contribution < -0.4 is 10.5 Å². The first kappa shape index (κ1) is 14.3. The number of ether oxygens (including phenoxy) is 1. The summed E-state index contributed by atoms with van der Waals surface area (Å²) in [7, 11) is 1.57. The van der Waals surface area contributed by atoms with Gasteiger partial charge in [0.25, 0.3) is 0 Å². The van der Waals surface area contributed by atoms with Crippen LogP contribution in [0.4, 0.5) is 0 Å². The van der Waals surface area contributed by atoms with E-state index in [4.69, 9.17) is 22.1 Å². The van der Waals surface area contributed by atoms with Crippen molar-refractivity contribution in [3.8, 4) is 5.75 Å². The average molecular weight is 258 g/mol. The molecule has 0 aliphatic heterocycles. The number of rotatable bonds is 3. The Bertz CT molecular complexity index is 387. The normalized spacial score (nSPS) is 15.5. The van der Waals surface area contributed by atoms with E-state index in [1.807, 2.05) is 20.8 Å². The summed E-state index contributed by atoms with van der Waals surface area (Å²) >= 11 is 5.94.